The fraction of sp³-hybridized carbons (Fsp3) is 0.200. The Morgan fingerprint density at radius 2 is 1.97 bits per heavy atom. The zero-order valence-electron chi connectivity index (χ0n) is 16.3. The van der Waals surface area contributed by atoms with Crippen LogP contribution in [-0.4, -0.2) is 26.3 Å². The van der Waals surface area contributed by atoms with Crippen molar-refractivity contribution in [3.63, 3.8) is 0 Å². The van der Waals surface area contributed by atoms with Gasteiger partial charge in [-0.3, -0.25) is 14.2 Å². The molecule has 4 rings (SSSR count). The summed E-state index contributed by atoms with van der Waals surface area (Å²) in [4.78, 5) is 46.0. The maximum absolute atomic E-state index is 12.5. The van der Waals surface area contributed by atoms with E-state index in [4.69, 9.17) is 0 Å². The van der Waals surface area contributed by atoms with Gasteiger partial charge in [0.1, 0.15) is 6.54 Å². The number of H-pyrrole nitrogens is 1. The number of carbonyl (C=O) groups excluding carboxylic acids is 2. The SMILES string of the molecule is CC(=O)NCc1ccc(-c2nc(NC(=O)Cn3c(=O)[nH]c4ccccc43)sc2C)s1. The summed E-state index contributed by atoms with van der Waals surface area (Å²) in [6.45, 7) is 3.81. The number of amides is 2. The summed E-state index contributed by atoms with van der Waals surface area (Å²) >= 11 is 2.93. The van der Waals surface area contributed by atoms with Crippen LogP contribution < -0.4 is 16.3 Å². The molecule has 3 aromatic heterocycles. The van der Waals surface area contributed by atoms with E-state index in [1.54, 1.807) is 23.5 Å². The number of imidazole rings is 1. The van der Waals surface area contributed by atoms with Gasteiger partial charge in [-0.25, -0.2) is 9.78 Å². The predicted octanol–water partition coefficient (Wildman–Crippen LogP) is 3.10. The van der Waals surface area contributed by atoms with Gasteiger partial charge >= 0.3 is 5.69 Å². The van der Waals surface area contributed by atoms with Gasteiger partial charge in [-0.2, -0.15) is 0 Å². The summed E-state index contributed by atoms with van der Waals surface area (Å²) < 4.78 is 1.40. The molecular weight excluding hydrogens is 422 g/mol. The molecule has 0 spiro atoms. The van der Waals surface area contributed by atoms with E-state index >= 15 is 0 Å². The molecule has 1 aromatic carbocycles. The van der Waals surface area contributed by atoms with Gasteiger partial charge in [-0.05, 0) is 31.2 Å². The summed E-state index contributed by atoms with van der Waals surface area (Å²) in [6.07, 6.45) is 0. The second-order valence-corrected chi connectivity index (χ2v) is 9.05. The van der Waals surface area contributed by atoms with Gasteiger partial charge in [0.25, 0.3) is 0 Å². The van der Waals surface area contributed by atoms with E-state index in [-0.39, 0.29) is 24.0 Å². The first-order chi connectivity index (χ1) is 14.4. The first kappa shape index (κ1) is 20.0. The molecule has 30 heavy (non-hydrogen) atoms. The number of aromatic amines is 1. The summed E-state index contributed by atoms with van der Waals surface area (Å²) in [5.41, 5.74) is 1.85. The minimum absolute atomic E-state index is 0.0749. The van der Waals surface area contributed by atoms with Crippen molar-refractivity contribution in [1.82, 2.24) is 19.9 Å². The van der Waals surface area contributed by atoms with Crippen LogP contribution in [0, 0.1) is 6.92 Å². The molecule has 0 saturated carbocycles. The van der Waals surface area contributed by atoms with E-state index < -0.39 is 0 Å². The molecule has 3 N–H and O–H groups in total. The fourth-order valence-electron chi connectivity index (χ4n) is 3.06. The van der Waals surface area contributed by atoms with Crippen molar-refractivity contribution < 1.29 is 9.59 Å². The molecule has 4 aromatic rings. The van der Waals surface area contributed by atoms with Crippen LogP contribution in [0.2, 0.25) is 0 Å². The lowest BCUT2D eigenvalue weighted by molar-refractivity contribution is -0.119. The molecular formula is C20H19N5O3S2. The molecule has 0 aliphatic heterocycles. The normalized spacial score (nSPS) is 11.0. The third-order valence-electron chi connectivity index (χ3n) is 4.43. The number of aromatic nitrogens is 3. The van der Waals surface area contributed by atoms with Gasteiger partial charge in [0.2, 0.25) is 11.8 Å². The van der Waals surface area contributed by atoms with Crippen LogP contribution in [0.3, 0.4) is 0 Å². The molecule has 0 bridgehead atoms. The van der Waals surface area contributed by atoms with Crippen molar-refractivity contribution >= 4 is 50.7 Å². The van der Waals surface area contributed by atoms with E-state index in [0.29, 0.717) is 22.7 Å². The Hall–Kier alpha value is -3.24. The Labute approximate surface area is 179 Å². The predicted molar refractivity (Wildman–Crippen MR) is 119 cm³/mol. The lowest BCUT2D eigenvalue weighted by atomic mass is 10.3. The largest absolute Gasteiger partial charge is 0.351 e. The van der Waals surface area contributed by atoms with Crippen molar-refractivity contribution in [3.8, 4) is 10.6 Å². The van der Waals surface area contributed by atoms with Crippen LogP contribution in [0.15, 0.2) is 41.2 Å². The molecule has 0 unspecified atom stereocenters. The topological polar surface area (TPSA) is 109 Å². The highest BCUT2D eigenvalue weighted by Crippen LogP contribution is 2.34. The molecule has 0 atom stereocenters. The number of carbonyl (C=O) groups is 2. The molecule has 0 aliphatic rings. The van der Waals surface area contributed by atoms with E-state index in [0.717, 1.165) is 20.3 Å². The van der Waals surface area contributed by atoms with Crippen molar-refractivity contribution in [2.24, 2.45) is 0 Å². The third kappa shape index (κ3) is 4.19. The van der Waals surface area contributed by atoms with Crippen LogP contribution in [0.1, 0.15) is 16.7 Å². The Bertz CT molecular complexity index is 1300. The maximum Gasteiger partial charge on any atom is 0.326 e. The number of hydrogen-bond donors (Lipinski definition) is 3. The first-order valence-electron chi connectivity index (χ1n) is 9.19. The standard InChI is InChI=1S/C20H19N5O3S2/c1-11-18(16-8-7-13(30-16)9-21-12(2)26)24-19(29-11)23-17(27)10-25-15-6-4-3-5-14(15)22-20(25)28/h3-8H,9-10H2,1-2H3,(H,21,26)(H,22,28)(H,23,24,27). The lowest BCUT2D eigenvalue weighted by Gasteiger charge is -2.03. The summed E-state index contributed by atoms with van der Waals surface area (Å²) in [6, 6.07) is 11.2. The number of thiazole rings is 1. The first-order valence-corrected chi connectivity index (χ1v) is 10.8. The Morgan fingerprint density at radius 3 is 2.77 bits per heavy atom. The number of nitrogens with zero attached hydrogens (tertiary/aromatic N) is 2. The zero-order valence-corrected chi connectivity index (χ0v) is 17.9. The van der Waals surface area contributed by atoms with Crippen LogP contribution in [0.5, 0.6) is 0 Å². The maximum atomic E-state index is 12.5. The van der Waals surface area contributed by atoms with Gasteiger partial charge in [0.15, 0.2) is 5.13 Å². The smallest absolute Gasteiger partial charge is 0.326 e. The lowest BCUT2D eigenvalue weighted by Crippen LogP contribution is -2.25. The average molecular weight is 442 g/mol. The second-order valence-electron chi connectivity index (χ2n) is 6.68. The quantitative estimate of drug-likeness (QED) is 0.427. The third-order valence-corrected chi connectivity index (χ3v) is 6.41. The molecule has 0 aliphatic carbocycles. The molecule has 0 saturated heterocycles. The van der Waals surface area contributed by atoms with E-state index in [1.165, 1.54) is 22.8 Å². The number of hydrogen-bond acceptors (Lipinski definition) is 6. The summed E-state index contributed by atoms with van der Waals surface area (Å²) in [5, 5.41) is 6.05. The van der Waals surface area contributed by atoms with E-state index in [2.05, 4.69) is 20.6 Å². The number of nitrogens with one attached hydrogen (secondary N) is 3. The van der Waals surface area contributed by atoms with Gasteiger partial charge in [-0.1, -0.05) is 12.1 Å². The minimum Gasteiger partial charge on any atom is -0.351 e. The molecule has 8 nitrogen and oxygen atoms in total. The van der Waals surface area contributed by atoms with Gasteiger partial charge in [-0.15, -0.1) is 22.7 Å². The highest BCUT2D eigenvalue weighted by atomic mass is 32.1. The molecule has 3 heterocycles. The van der Waals surface area contributed by atoms with Gasteiger partial charge in [0.05, 0.1) is 28.1 Å². The van der Waals surface area contributed by atoms with Crippen molar-refractivity contribution in [3.05, 3.63) is 56.6 Å². The highest BCUT2D eigenvalue weighted by molar-refractivity contribution is 7.18. The summed E-state index contributed by atoms with van der Waals surface area (Å²) in [7, 11) is 0. The minimum atomic E-state index is -0.326. The molecule has 0 radical (unpaired) electrons. The number of para-hydroxylation sites is 2. The van der Waals surface area contributed by atoms with Crippen LogP contribution in [0.25, 0.3) is 21.6 Å². The van der Waals surface area contributed by atoms with Crippen LogP contribution in [-0.2, 0) is 22.7 Å². The van der Waals surface area contributed by atoms with Gasteiger partial charge in [0, 0.05) is 16.7 Å². The molecule has 10 heteroatoms. The number of rotatable bonds is 6. The Kier molecular flexibility index (Phi) is 5.51. The highest BCUT2D eigenvalue weighted by Gasteiger charge is 2.16. The van der Waals surface area contributed by atoms with E-state index in [1.807, 2.05) is 31.2 Å². The zero-order chi connectivity index (χ0) is 21.3. The second kappa shape index (κ2) is 8.25. The van der Waals surface area contributed by atoms with Crippen LogP contribution >= 0.6 is 22.7 Å². The fourth-order valence-corrected chi connectivity index (χ4v) is 4.96. The monoisotopic (exact) mass is 441 g/mol. The molecule has 2 amide bonds. The average Bonchev–Trinajstić information content (AvgIpc) is 3.38. The summed E-state index contributed by atoms with van der Waals surface area (Å²) in [5.74, 6) is -0.395. The van der Waals surface area contributed by atoms with Crippen molar-refractivity contribution in [2.75, 3.05) is 5.32 Å². The molecule has 154 valence electrons. The Morgan fingerprint density at radius 1 is 1.17 bits per heavy atom. The van der Waals surface area contributed by atoms with Crippen molar-refractivity contribution in [1.29, 1.82) is 0 Å². The number of fused-ring (bicyclic) bond motifs is 1. The van der Waals surface area contributed by atoms with Gasteiger partial charge < -0.3 is 15.6 Å². The number of aryl methyl sites for hydroxylation is 1. The number of benzene rings is 1. The van der Waals surface area contributed by atoms with Crippen LogP contribution in [0.4, 0.5) is 5.13 Å². The number of thiophene rings is 1. The van der Waals surface area contributed by atoms with Crippen molar-refractivity contribution in [2.45, 2.75) is 26.9 Å². The number of anilines is 1. The van der Waals surface area contributed by atoms with E-state index in [9.17, 15) is 14.4 Å². The molecule has 0 fully saturated rings. The Balaban J connectivity index is 1.48.